The number of rotatable bonds is 2. The molecule has 0 spiro atoms. The number of aryl methyl sites for hydroxylation is 1. The van der Waals surface area contributed by atoms with Crippen molar-refractivity contribution >= 4 is 17.7 Å². The van der Waals surface area contributed by atoms with Crippen LogP contribution in [0.2, 0.25) is 0 Å². The van der Waals surface area contributed by atoms with Crippen LogP contribution in [0.3, 0.4) is 0 Å². The van der Waals surface area contributed by atoms with Crippen LogP contribution in [0.5, 0.6) is 0 Å². The molecule has 0 fully saturated rings. The van der Waals surface area contributed by atoms with E-state index in [2.05, 4.69) is 17.4 Å². The summed E-state index contributed by atoms with van der Waals surface area (Å²) in [5.74, 6) is -0.419. The molecular weight excluding hydrogens is 304 g/mol. The second kappa shape index (κ2) is 6.74. The van der Waals surface area contributed by atoms with Gasteiger partial charge in [0.15, 0.2) is 0 Å². The van der Waals surface area contributed by atoms with E-state index in [9.17, 15) is 9.59 Å². The SMILES string of the molecule is COC(=O)c1ccc(C)c(NC(=O)N2CCc3ccccc3C2)c1. The summed E-state index contributed by atoms with van der Waals surface area (Å²) in [5.41, 5.74) is 4.42. The summed E-state index contributed by atoms with van der Waals surface area (Å²) >= 11 is 0. The van der Waals surface area contributed by atoms with Crippen molar-refractivity contribution in [3.8, 4) is 0 Å². The molecule has 2 amide bonds. The van der Waals surface area contributed by atoms with E-state index in [-0.39, 0.29) is 6.03 Å². The Hall–Kier alpha value is -2.82. The number of hydrogen-bond acceptors (Lipinski definition) is 3. The Balaban J connectivity index is 1.75. The molecule has 1 heterocycles. The summed E-state index contributed by atoms with van der Waals surface area (Å²) in [7, 11) is 1.34. The topological polar surface area (TPSA) is 58.6 Å². The molecule has 1 N–H and O–H groups in total. The first-order valence-corrected chi connectivity index (χ1v) is 7.90. The fraction of sp³-hybridized carbons (Fsp3) is 0.263. The highest BCUT2D eigenvalue weighted by Gasteiger charge is 2.21. The fourth-order valence-corrected chi connectivity index (χ4v) is 2.86. The normalized spacial score (nSPS) is 13.2. The van der Waals surface area contributed by atoms with E-state index in [4.69, 9.17) is 4.74 Å². The van der Waals surface area contributed by atoms with Crippen molar-refractivity contribution in [1.82, 2.24) is 4.90 Å². The number of benzene rings is 2. The lowest BCUT2D eigenvalue weighted by molar-refractivity contribution is 0.0600. The van der Waals surface area contributed by atoms with Gasteiger partial charge in [-0.25, -0.2) is 9.59 Å². The predicted molar refractivity (Wildman–Crippen MR) is 92.1 cm³/mol. The predicted octanol–water partition coefficient (Wildman–Crippen LogP) is 3.37. The van der Waals surface area contributed by atoms with Crippen LogP contribution in [-0.4, -0.2) is 30.6 Å². The van der Waals surface area contributed by atoms with Gasteiger partial charge in [0.2, 0.25) is 0 Å². The minimum atomic E-state index is -0.419. The Kier molecular flexibility index (Phi) is 4.51. The van der Waals surface area contributed by atoms with Crippen LogP contribution < -0.4 is 5.32 Å². The molecule has 124 valence electrons. The molecule has 0 radical (unpaired) electrons. The highest BCUT2D eigenvalue weighted by molar-refractivity contribution is 5.94. The highest BCUT2D eigenvalue weighted by Crippen LogP contribution is 2.21. The Morgan fingerprint density at radius 1 is 1.12 bits per heavy atom. The van der Waals surface area contributed by atoms with Gasteiger partial charge in [-0.05, 0) is 42.2 Å². The number of carbonyl (C=O) groups is 2. The lowest BCUT2D eigenvalue weighted by Gasteiger charge is -2.29. The third-order valence-electron chi connectivity index (χ3n) is 4.32. The molecule has 3 rings (SSSR count). The summed E-state index contributed by atoms with van der Waals surface area (Å²) < 4.78 is 4.73. The number of esters is 1. The summed E-state index contributed by atoms with van der Waals surface area (Å²) in [5, 5.41) is 2.91. The van der Waals surface area contributed by atoms with Gasteiger partial charge in [-0.3, -0.25) is 0 Å². The number of nitrogens with zero attached hydrogens (tertiary/aromatic N) is 1. The third kappa shape index (κ3) is 3.25. The van der Waals surface area contributed by atoms with E-state index in [0.717, 1.165) is 12.0 Å². The maximum Gasteiger partial charge on any atom is 0.337 e. The molecule has 1 aliphatic heterocycles. The van der Waals surface area contributed by atoms with Gasteiger partial charge in [-0.1, -0.05) is 30.3 Å². The van der Waals surface area contributed by atoms with E-state index in [0.29, 0.717) is 24.3 Å². The van der Waals surface area contributed by atoms with Crippen LogP contribution in [-0.2, 0) is 17.7 Å². The van der Waals surface area contributed by atoms with E-state index in [1.165, 1.54) is 18.2 Å². The lowest BCUT2D eigenvalue weighted by Crippen LogP contribution is -2.39. The Morgan fingerprint density at radius 3 is 2.62 bits per heavy atom. The Labute approximate surface area is 141 Å². The van der Waals surface area contributed by atoms with Crippen molar-refractivity contribution in [2.45, 2.75) is 19.9 Å². The number of carbonyl (C=O) groups excluding carboxylic acids is 2. The summed E-state index contributed by atoms with van der Waals surface area (Å²) in [6.07, 6.45) is 0.852. The number of hydrogen-bond donors (Lipinski definition) is 1. The zero-order chi connectivity index (χ0) is 17.1. The Bertz CT molecular complexity index is 786. The molecule has 0 saturated heterocycles. The Morgan fingerprint density at radius 2 is 1.88 bits per heavy atom. The molecule has 24 heavy (non-hydrogen) atoms. The third-order valence-corrected chi connectivity index (χ3v) is 4.32. The zero-order valence-electron chi connectivity index (χ0n) is 13.8. The molecular formula is C19H20N2O3. The highest BCUT2D eigenvalue weighted by atomic mass is 16.5. The second-order valence-corrected chi connectivity index (χ2v) is 5.89. The van der Waals surface area contributed by atoms with Gasteiger partial charge in [0.25, 0.3) is 0 Å². The quantitative estimate of drug-likeness (QED) is 0.862. The van der Waals surface area contributed by atoms with Crippen molar-refractivity contribution < 1.29 is 14.3 Å². The van der Waals surface area contributed by atoms with Crippen LogP contribution in [0.4, 0.5) is 10.5 Å². The minimum absolute atomic E-state index is 0.158. The van der Waals surface area contributed by atoms with Crippen LogP contribution in [0, 0.1) is 6.92 Å². The number of anilines is 1. The molecule has 0 aromatic heterocycles. The van der Waals surface area contributed by atoms with Gasteiger partial charge in [0.05, 0.1) is 12.7 Å². The average Bonchev–Trinajstić information content (AvgIpc) is 2.62. The van der Waals surface area contributed by atoms with Gasteiger partial charge in [0.1, 0.15) is 0 Å². The van der Waals surface area contributed by atoms with Crippen LogP contribution in [0.1, 0.15) is 27.0 Å². The largest absolute Gasteiger partial charge is 0.465 e. The van der Waals surface area contributed by atoms with Crippen LogP contribution in [0.15, 0.2) is 42.5 Å². The second-order valence-electron chi connectivity index (χ2n) is 5.89. The number of methoxy groups -OCH3 is 1. The van der Waals surface area contributed by atoms with Crippen molar-refractivity contribution in [2.75, 3.05) is 19.0 Å². The summed E-state index contributed by atoms with van der Waals surface area (Å²) in [4.78, 5) is 26.0. The van der Waals surface area contributed by atoms with Crippen molar-refractivity contribution in [1.29, 1.82) is 0 Å². The number of fused-ring (bicyclic) bond motifs is 1. The number of amides is 2. The molecule has 2 aromatic carbocycles. The molecule has 2 aromatic rings. The standard InChI is InChI=1S/C19H20N2O3/c1-13-7-8-15(18(22)24-2)11-17(13)20-19(23)21-10-9-14-5-3-4-6-16(14)12-21/h3-8,11H,9-10,12H2,1-2H3,(H,20,23). The van der Waals surface area contributed by atoms with Crippen LogP contribution >= 0.6 is 0 Å². The van der Waals surface area contributed by atoms with E-state index < -0.39 is 5.97 Å². The number of nitrogens with one attached hydrogen (secondary N) is 1. The fourth-order valence-electron chi connectivity index (χ4n) is 2.86. The van der Waals surface area contributed by atoms with Crippen molar-refractivity contribution in [2.24, 2.45) is 0 Å². The average molecular weight is 324 g/mol. The molecule has 0 bridgehead atoms. The molecule has 0 saturated carbocycles. The monoisotopic (exact) mass is 324 g/mol. The number of urea groups is 1. The maximum atomic E-state index is 12.6. The molecule has 1 aliphatic rings. The van der Waals surface area contributed by atoms with E-state index in [1.807, 2.05) is 19.1 Å². The zero-order valence-corrected chi connectivity index (χ0v) is 13.8. The molecule has 0 aliphatic carbocycles. The van der Waals surface area contributed by atoms with Gasteiger partial charge < -0.3 is 15.0 Å². The van der Waals surface area contributed by atoms with Crippen LogP contribution in [0.25, 0.3) is 0 Å². The van der Waals surface area contributed by atoms with E-state index in [1.54, 1.807) is 23.1 Å². The summed E-state index contributed by atoms with van der Waals surface area (Å²) in [6.45, 7) is 3.17. The van der Waals surface area contributed by atoms with Gasteiger partial charge >= 0.3 is 12.0 Å². The first-order chi connectivity index (χ1) is 11.6. The number of ether oxygens (including phenoxy) is 1. The molecule has 0 unspecified atom stereocenters. The van der Waals surface area contributed by atoms with Gasteiger partial charge in [-0.2, -0.15) is 0 Å². The molecule has 5 nitrogen and oxygen atoms in total. The molecule has 0 atom stereocenters. The van der Waals surface area contributed by atoms with Gasteiger partial charge in [-0.15, -0.1) is 0 Å². The molecule has 5 heteroatoms. The summed E-state index contributed by atoms with van der Waals surface area (Å²) in [6, 6.07) is 13.2. The maximum absolute atomic E-state index is 12.6. The van der Waals surface area contributed by atoms with E-state index >= 15 is 0 Å². The first kappa shape index (κ1) is 16.1. The lowest BCUT2D eigenvalue weighted by atomic mass is 10.0. The van der Waals surface area contributed by atoms with Crippen molar-refractivity contribution in [3.63, 3.8) is 0 Å². The van der Waals surface area contributed by atoms with Crippen molar-refractivity contribution in [3.05, 3.63) is 64.7 Å². The smallest absolute Gasteiger partial charge is 0.337 e. The first-order valence-electron chi connectivity index (χ1n) is 7.90. The van der Waals surface area contributed by atoms with Gasteiger partial charge in [0, 0.05) is 18.8 Å². The minimum Gasteiger partial charge on any atom is -0.465 e.